The van der Waals surface area contributed by atoms with Crippen LogP contribution in [-0.2, 0) is 6.54 Å². The summed E-state index contributed by atoms with van der Waals surface area (Å²) in [5, 5.41) is 32.3. The first-order valence-corrected chi connectivity index (χ1v) is 10.8. The number of benzene rings is 2. The minimum Gasteiger partial charge on any atom is -0.504 e. The molecule has 0 saturated carbocycles. The molecular formula is C23H22BrN3O4. The quantitative estimate of drug-likeness (QED) is 0.311. The maximum absolute atomic E-state index is 12.4. The zero-order valence-corrected chi connectivity index (χ0v) is 18.2. The SMILES string of the molecule is O=[N+]([O-])C1[C@@H](c2ccc(O)c(O)c2)N(Cc2cccnc2)CC[C@H]1c1ccccc1Br. The number of nitro groups is 1. The molecule has 1 unspecified atom stereocenters. The summed E-state index contributed by atoms with van der Waals surface area (Å²) >= 11 is 3.56. The summed E-state index contributed by atoms with van der Waals surface area (Å²) in [7, 11) is 0. The van der Waals surface area contributed by atoms with E-state index in [-0.39, 0.29) is 22.3 Å². The highest BCUT2D eigenvalue weighted by Gasteiger charge is 2.48. The maximum atomic E-state index is 12.4. The van der Waals surface area contributed by atoms with Crippen molar-refractivity contribution in [3.05, 3.63) is 98.3 Å². The molecule has 2 aromatic carbocycles. The number of likely N-dealkylation sites (tertiary alicyclic amines) is 1. The van der Waals surface area contributed by atoms with Gasteiger partial charge < -0.3 is 10.2 Å². The number of aromatic nitrogens is 1. The first-order valence-electron chi connectivity index (χ1n) is 9.98. The van der Waals surface area contributed by atoms with Gasteiger partial charge >= 0.3 is 0 Å². The molecular weight excluding hydrogens is 462 g/mol. The van der Waals surface area contributed by atoms with Crippen LogP contribution in [0.15, 0.2) is 71.5 Å². The van der Waals surface area contributed by atoms with Crippen molar-refractivity contribution in [1.82, 2.24) is 9.88 Å². The second-order valence-corrected chi connectivity index (χ2v) is 8.57. The fourth-order valence-electron chi connectivity index (χ4n) is 4.46. The van der Waals surface area contributed by atoms with Crippen molar-refractivity contribution in [2.24, 2.45) is 0 Å². The molecule has 2 heterocycles. The Kier molecular flexibility index (Phi) is 6.20. The summed E-state index contributed by atoms with van der Waals surface area (Å²) in [4.78, 5) is 18.4. The van der Waals surface area contributed by atoms with E-state index >= 15 is 0 Å². The zero-order chi connectivity index (χ0) is 22.0. The first-order chi connectivity index (χ1) is 15.0. The number of nitrogens with zero attached hydrogens (tertiary/aromatic N) is 3. The topological polar surface area (TPSA) is 99.7 Å². The highest BCUT2D eigenvalue weighted by molar-refractivity contribution is 9.10. The molecule has 0 amide bonds. The molecule has 0 bridgehead atoms. The molecule has 160 valence electrons. The normalized spacial score (nSPS) is 21.6. The van der Waals surface area contributed by atoms with Gasteiger partial charge in [0.1, 0.15) is 6.04 Å². The second-order valence-electron chi connectivity index (χ2n) is 7.72. The standard InChI is InChI=1S/C23H22BrN3O4/c24-19-6-2-1-5-17(19)18-9-11-26(14-15-4-3-10-25-13-15)22(23(18)27(30)31)16-7-8-20(28)21(29)12-16/h1-8,10,12-13,18,22-23,28-29H,9,11,14H2/t18-,22+,23?/m0/s1. The van der Waals surface area contributed by atoms with E-state index in [0.717, 1.165) is 15.6 Å². The Morgan fingerprint density at radius 1 is 1.13 bits per heavy atom. The molecule has 0 aliphatic carbocycles. The van der Waals surface area contributed by atoms with E-state index < -0.39 is 12.1 Å². The van der Waals surface area contributed by atoms with Gasteiger partial charge in [0.05, 0.1) is 5.92 Å². The molecule has 1 aromatic heterocycles. The third-order valence-corrected chi connectivity index (χ3v) is 6.58. The van der Waals surface area contributed by atoms with Crippen molar-refractivity contribution in [2.45, 2.75) is 31.0 Å². The van der Waals surface area contributed by atoms with Crippen LogP contribution in [0.1, 0.15) is 35.1 Å². The lowest BCUT2D eigenvalue weighted by Gasteiger charge is -2.41. The predicted molar refractivity (Wildman–Crippen MR) is 119 cm³/mol. The fourth-order valence-corrected chi connectivity index (χ4v) is 5.04. The highest BCUT2D eigenvalue weighted by atomic mass is 79.9. The number of phenols is 2. The van der Waals surface area contributed by atoms with E-state index in [9.17, 15) is 20.3 Å². The van der Waals surface area contributed by atoms with Crippen molar-refractivity contribution in [1.29, 1.82) is 0 Å². The molecule has 2 N–H and O–H groups in total. The smallest absolute Gasteiger partial charge is 0.239 e. The summed E-state index contributed by atoms with van der Waals surface area (Å²) < 4.78 is 0.847. The molecule has 4 rings (SSSR count). The Morgan fingerprint density at radius 3 is 2.61 bits per heavy atom. The molecule has 1 aliphatic rings. The average Bonchev–Trinajstić information content (AvgIpc) is 2.76. The van der Waals surface area contributed by atoms with Gasteiger partial charge in [-0.15, -0.1) is 0 Å². The summed E-state index contributed by atoms with van der Waals surface area (Å²) in [5.74, 6) is -0.848. The van der Waals surface area contributed by atoms with Gasteiger partial charge in [-0.25, -0.2) is 0 Å². The number of pyridine rings is 1. The molecule has 3 aromatic rings. The zero-order valence-electron chi connectivity index (χ0n) is 16.6. The molecule has 3 atom stereocenters. The Balaban J connectivity index is 1.80. The van der Waals surface area contributed by atoms with Crippen molar-refractivity contribution in [2.75, 3.05) is 6.54 Å². The predicted octanol–water partition coefficient (Wildman–Crippen LogP) is 4.63. The molecule has 1 fully saturated rings. The molecule has 0 radical (unpaired) electrons. The van der Waals surface area contributed by atoms with Crippen LogP contribution in [0.4, 0.5) is 0 Å². The van der Waals surface area contributed by atoms with E-state index in [0.29, 0.717) is 25.1 Å². The number of halogens is 1. The Hall–Kier alpha value is -2.97. The van der Waals surface area contributed by atoms with Crippen molar-refractivity contribution < 1.29 is 15.1 Å². The molecule has 1 aliphatic heterocycles. The Morgan fingerprint density at radius 2 is 1.94 bits per heavy atom. The van der Waals surface area contributed by atoms with E-state index in [2.05, 4.69) is 25.8 Å². The van der Waals surface area contributed by atoms with Gasteiger partial charge in [0.25, 0.3) is 0 Å². The number of hydrogen-bond donors (Lipinski definition) is 2. The third-order valence-electron chi connectivity index (χ3n) is 5.85. The van der Waals surface area contributed by atoms with Gasteiger partial charge in [-0.05, 0) is 47.4 Å². The number of hydrogen-bond acceptors (Lipinski definition) is 6. The van der Waals surface area contributed by atoms with Crippen LogP contribution in [0.5, 0.6) is 11.5 Å². The van der Waals surface area contributed by atoms with Crippen LogP contribution in [0.25, 0.3) is 0 Å². The lowest BCUT2D eigenvalue weighted by molar-refractivity contribution is -0.540. The van der Waals surface area contributed by atoms with Gasteiger partial charge in [-0.1, -0.05) is 46.3 Å². The molecule has 1 saturated heterocycles. The van der Waals surface area contributed by atoms with Crippen molar-refractivity contribution in [3.63, 3.8) is 0 Å². The van der Waals surface area contributed by atoms with Gasteiger partial charge in [0.15, 0.2) is 11.5 Å². The van der Waals surface area contributed by atoms with Gasteiger partial charge in [-0.3, -0.25) is 20.0 Å². The van der Waals surface area contributed by atoms with Crippen LogP contribution in [0.3, 0.4) is 0 Å². The van der Waals surface area contributed by atoms with Crippen molar-refractivity contribution in [3.8, 4) is 11.5 Å². The van der Waals surface area contributed by atoms with E-state index in [4.69, 9.17) is 0 Å². The van der Waals surface area contributed by atoms with E-state index in [1.807, 2.05) is 36.4 Å². The van der Waals surface area contributed by atoms with E-state index in [1.165, 1.54) is 12.1 Å². The molecule has 0 spiro atoms. The lowest BCUT2D eigenvalue weighted by Crippen LogP contribution is -2.48. The second kappa shape index (κ2) is 9.03. The highest BCUT2D eigenvalue weighted by Crippen LogP contribution is 2.44. The maximum Gasteiger partial charge on any atom is 0.239 e. The van der Waals surface area contributed by atoms with Crippen LogP contribution in [-0.4, -0.2) is 37.6 Å². The van der Waals surface area contributed by atoms with Crippen LogP contribution in [0.2, 0.25) is 0 Å². The first kappa shape index (κ1) is 21.3. The monoisotopic (exact) mass is 483 g/mol. The number of phenolic OH excluding ortho intramolecular Hbond substituents is 2. The summed E-state index contributed by atoms with van der Waals surface area (Å²) in [6, 6.07) is 14.3. The largest absolute Gasteiger partial charge is 0.504 e. The average molecular weight is 484 g/mol. The van der Waals surface area contributed by atoms with Crippen LogP contribution in [0, 0.1) is 10.1 Å². The Bertz CT molecular complexity index is 1080. The Labute approximate surface area is 188 Å². The summed E-state index contributed by atoms with van der Waals surface area (Å²) in [6.07, 6.45) is 4.07. The number of piperidine rings is 1. The fraction of sp³-hybridized carbons (Fsp3) is 0.261. The third kappa shape index (κ3) is 4.40. The molecule has 8 heteroatoms. The number of aromatic hydroxyl groups is 2. The van der Waals surface area contributed by atoms with Gasteiger partial charge in [0.2, 0.25) is 6.04 Å². The van der Waals surface area contributed by atoms with Crippen LogP contribution >= 0.6 is 15.9 Å². The summed E-state index contributed by atoms with van der Waals surface area (Å²) in [5.41, 5.74) is 2.45. The number of rotatable bonds is 5. The minimum atomic E-state index is -0.937. The lowest BCUT2D eigenvalue weighted by atomic mass is 9.78. The van der Waals surface area contributed by atoms with E-state index in [1.54, 1.807) is 18.5 Å². The minimum absolute atomic E-state index is 0.214. The van der Waals surface area contributed by atoms with Gasteiger partial charge in [-0.2, -0.15) is 0 Å². The van der Waals surface area contributed by atoms with Crippen molar-refractivity contribution >= 4 is 15.9 Å². The van der Waals surface area contributed by atoms with Crippen LogP contribution < -0.4 is 0 Å². The van der Waals surface area contributed by atoms with Gasteiger partial charge in [0, 0.05) is 34.9 Å². The molecule has 31 heavy (non-hydrogen) atoms. The summed E-state index contributed by atoms with van der Waals surface area (Å²) in [6.45, 7) is 1.13. The molecule has 7 nitrogen and oxygen atoms in total.